The second-order valence-electron chi connectivity index (χ2n) is 4.64. The molecule has 1 atom stereocenters. The maximum Gasteiger partial charge on any atom is 0.266 e. The van der Waals surface area contributed by atoms with E-state index in [9.17, 15) is 4.79 Å². The van der Waals surface area contributed by atoms with Crippen molar-refractivity contribution in [2.75, 3.05) is 5.32 Å². The molecule has 0 fully saturated rings. The summed E-state index contributed by atoms with van der Waals surface area (Å²) in [6.07, 6.45) is -0.774. The molecule has 0 bridgehead atoms. The van der Waals surface area contributed by atoms with Crippen LogP contribution in [-0.4, -0.2) is 17.1 Å². The molecule has 120 valence electrons. The molecule has 0 aliphatic heterocycles. The molecular formula is C16H14Cl2N2O2S. The van der Waals surface area contributed by atoms with Crippen molar-refractivity contribution in [3.8, 4) is 5.75 Å². The van der Waals surface area contributed by atoms with Crippen LogP contribution in [0.25, 0.3) is 0 Å². The lowest BCUT2D eigenvalue weighted by molar-refractivity contribution is -0.125. The van der Waals surface area contributed by atoms with Gasteiger partial charge in [-0.25, -0.2) is 0 Å². The second kappa shape index (κ2) is 8.15. The van der Waals surface area contributed by atoms with Crippen LogP contribution in [0, 0.1) is 0 Å². The van der Waals surface area contributed by atoms with E-state index in [2.05, 4.69) is 10.6 Å². The van der Waals surface area contributed by atoms with Gasteiger partial charge >= 0.3 is 0 Å². The molecule has 0 aliphatic carbocycles. The standard InChI is InChI=1S/C16H14Cl2N2O2S/c1-10(22-14-8-7-11(17)9-13(14)18)15(21)20-16(23)19-12-5-3-2-4-6-12/h2-10H,1H3,(H2,19,20,21,23). The summed E-state index contributed by atoms with van der Waals surface area (Å²) in [5.74, 6) is -0.00917. The van der Waals surface area contributed by atoms with E-state index in [-0.39, 0.29) is 11.0 Å². The van der Waals surface area contributed by atoms with Crippen molar-refractivity contribution in [3.05, 3.63) is 58.6 Å². The fourth-order valence-corrected chi connectivity index (χ4v) is 2.38. The van der Waals surface area contributed by atoms with Crippen LogP contribution in [0.5, 0.6) is 5.75 Å². The normalized spacial score (nSPS) is 11.4. The first-order chi connectivity index (χ1) is 11.0. The molecule has 1 amide bonds. The number of para-hydroxylation sites is 1. The summed E-state index contributed by atoms with van der Waals surface area (Å²) in [4.78, 5) is 12.1. The third kappa shape index (κ3) is 5.39. The van der Waals surface area contributed by atoms with Crippen LogP contribution in [0.15, 0.2) is 48.5 Å². The van der Waals surface area contributed by atoms with Crippen LogP contribution in [0.1, 0.15) is 6.92 Å². The Hall–Kier alpha value is -1.82. The molecule has 0 heterocycles. The van der Waals surface area contributed by atoms with Crippen LogP contribution >= 0.6 is 35.4 Å². The van der Waals surface area contributed by atoms with E-state index in [0.717, 1.165) is 5.69 Å². The Morgan fingerprint density at radius 3 is 2.52 bits per heavy atom. The fraction of sp³-hybridized carbons (Fsp3) is 0.125. The van der Waals surface area contributed by atoms with Crippen LogP contribution in [0.2, 0.25) is 10.0 Å². The maximum absolute atomic E-state index is 12.1. The van der Waals surface area contributed by atoms with Crippen molar-refractivity contribution < 1.29 is 9.53 Å². The van der Waals surface area contributed by atoms with Gasteiger partial charge in [-0.05, 0) is 49.5 Å². The average Bonchev–Trinajstić information content (AvgIpc) is 2.50. The lowest BCUT2D eigenvalue weighted by Crippen LogP contribution is -2.42. The SMILES string of the molecule is CC(Oc1ccc(Cl)cc1Cl)C(=O)NC(=S)Nc1ccccc1. The zero-order valence-electron chi connectivity index (χ0n) is 12.2. The highest BCUT2D eigenvalue weighted by Crippen LogP contribution is 2.28. The summed E-state index contributed by atoms with van der Waals surface area (Å²) in [6.45, 7) is 1.60. The van der Waals surface area contributed by atoms with E-state index in [0.29, 0.717) is 15.8 Å². The highest BCUT2D eigenvalue weighted by Gasteiger charge is 2.17. The quantitative estimate of drug-likeness (QED) is 0.791. The molecular weight excluding hydrogens is 355 g/mol. The Labute approximate surface area is 149 Å². The number of ether oxygens (including phenoxy) is 1. The summed E-state index contributed by atoms with van der Waals surface area (Å²) in [5.41, 5.74) is 0.784. The van der Waals surface area contributed by atoms with Crippen molar-refractivity contribution in [1.29, 1.82) is 0 Å². The number of benzene rings is 2. The van der Waals surface area contributed by atoms with Crippen molar-refractivity contribution in [2.45, 2.75) is 13.0 Å². The second-order valence-corrected chi connectivity index (χ2v) is 5.90. The van der Waals surface area contributed by atoms with Crippen molar-refractivity contribution in [3.63, 3.8) is 0 Å². The van der Waals surface area contributed by atoms with E-state index >= 15 is 0 Å². The molecule has 2 rings (SSSR count). The summed E-state index contributed by atoms with van der Waals surface area (Å²) < 4.78 is 5.52. The van der Waals surface area contributed by atoms with Gasteiger partial charge in [0.2, 0.25) is 0 Å². The lowest BCUT2D eigenvalue weighted by Gasteiger charge is -2.16. The number of rotatable bonds is 4. The van der Waals surface area contributed by atoms with Crippen molar-refractivity contribution >= 4 is 52.1 Å². The van der Waals surface area contributed by atoms with E-state index in [4.69, 9.17) is 40.2 Å². The Kier molecular flexibility index (Phi) is 6.21. The maximum atomic E-state index is 12.1. The van der Waals surface area contributed by atoms with Gasteiger partial charge in [-0.3, -0.25) is 10.1 Å². The van der Waals surface area contributed by atoms with Gasteiger partial charge in [-0.2, -0.15) is 0 Å². The Bertz CT molecular complexity index is 710. The number of hydrogen-bond acceptors (Lipinski definition) is 3. The Morgan fingerprint density at radius 2 is 1.87 bits per heavy atom. The molecule has 0 saturated heterocycles. The first-order valence-corrected chi connectivity index (χ1v) is 7.90. The molecule has 2 aromatic rings. The predicted octanol–water partition coefficient (Wildman–Crippen LogP) is 4.27. The number of halogens is 2. The number of carbonyl (C=O) groups is 1. The molecule has 2 N–H and O–H groups in total. The Morgan fingerprint density at radius 1 is 1.17 bits per heavy atom. The number of anilines is 1. The molecule has 0 radical (unpaired) electrons. The van der Waals surface area contributed by atoms with Gasteiger partial charge in [0.1, 0.15) is 5.75 Å². The fourth-order valence-electron chi connectivity index (χ4n) is 1.71. The van der Waals surface area contributed by atoms with E-state index < -0.39 is 6.10 Å². The van der Waals surface area contributed by atoms with Gasteiger partial charge in [0, 0.05) is 10.7 Å². The van der Waals surface area contributed by atoms with E-state index in [1.54, 1.807) is 25.1 Å². The van der Waals surface area contributed by atoms with Gasteiger partial charge in [0.25, 0.3) is 5.91 Å². The zero-order valence-corrected chi connectivity index (χ0v) is 14.5. The lowest BCUT2D eigenvalue weighted by atomic mass is 10.3. The molecule has 23 heavy (non-hydrogen) atoms. The number of nitrogens with one attached hydrogen (secondary N) is 2. The molecule has 0 aromatic heterocycles. The van der Waals surface area contributed by atoms with Crippen LogP contribution in [0.3, 0.4) is 0 Å². The van der Waals surface area contributed by atoms with Crippen molar-refractivity contribution in [2.24, 2.45) is 0 Å². The zero-order chi connectivity index (χ0) is 16.8. The van der Waals surface area contributed by atoms with Gasteiger partial charge in [-0.15, -0.1) is 0 Å². The van der Waals surface area contributed by atoms with Gasteiger partial charge in [0.15, 0.2) is 11.2 Å². The number of thiocarbonyl (C=S) groups is 1. The van der Waals surface area contributed by atoms with E-state index in [1.165, 1.54) is 0 Å². The summed E-state index contributed by atoms with van der Waals surface area (Å²) in [7, 11) is 0. The molecule has 0 spiro atoms. The average molecular weight is 369 g/mol. The predicted molar refractivity (Wildman–Crippen MR) is 97.4 cm³/mol. The van der Waals surface area contributed by atoms with E-state index in [1.807, 2.05) is 30.3 Å². The molecule has 7 heteroatoms. The molecule has 2 aromatic carbocycles. The minimum atomic E-state index is -0.774. The topological polar surface area (TPSA) is 50.4 Å². The highest BCUT2D eigenvalue weighted by atomic mass is 35.5. The minimum Gasteiger partial charge on any atom is -0.479 e. The molecule has 0 aliphatic rings. The van der Waals surface area contributed by atoms with Crippen LogP contribution in [-0.2, 0) is 4.79 Å². The summed E-state index contributed by atoms with van der Waals surface area (Å²) >= 11 is 16.9. The number of amides is 1. The van der Waals surface area contributed by atoms with Gasteiger partial charge < -0.3 is 10.1 Å². The number of hydrogen-bond donors (Lipinski definition) is 2. The van der Waals surface area contributed by atoms with Crippen LogP contribution in [0.4, 0.5) is 5.69 Å². The van der Waals surface area contributed by atoms with Gasteiger partial charge in [-0.1, -0.05) is 41.4 Å². The Balaban J connectivity index is 1.90. The highest BCUT2D eigenvalue weighted by molar-refractivity contribution is 7.80. The molecule has 4 nitrogen and oxygen atoms in total. The summed E-state index contributed by atoms with van der Waals surface area (Å²) in [6, 6.07) is 14.1. The summed E-state index contributed by atoms with van der Waals surface area (Å²) in [5, 5.41) is 6.50. The minimum absolute atomic E-state index is 0.193. The monoisotopic (exact) mass is 368 g/mol. The third-order valence-electron chi connectivity index (χ3n) is 2.84. The number of carbonyl (C=O) groups excluding carboxylic acids is 1. The first-order valence-electron chi connectivity index (χ1n) is 6.74. The molecule has 0 saturated carbocycles. The van der Waals surface area contributed by atoms with Crippen LogP contribution < -0.4 is 15.4 Å². The largest absolute Gasteiger partial charge is 0.479 e. The van der Waals surface area contributed by atoms with Crippen molar-refractivity contribution in [1.82, 2.24) is 5.32 Å². The molecule has 1 unspecified atom stereocenters. The smallest absolute Gasteiger partial charge is 0.266 e. The van der Waals surface area contributed by atoms with Gasteiger partial charge in [0.05, 0.1) is 5.02 Å². The third-order valence-corrected chi connectivity index (χ3v) is 3.57. The first kappa shape index (κ1) is 17.5.